The fourth-order valence-corrected chi connectivity index (χ4v) is 8.42. The van der Waals surface area contributed by atoms with Crippen molar-refractivity contribution in [3.63, 3.8) is 0 Å². The molecule has 1 aromatic heterocycles. The van der Waals surface area contributed by atoms with Crippen LogP contribution in [0.1, 0.15) is 83.9 Å². The van der Waals surface area contributed by atoms with E-state index >= 15 is 0 Å². The molecule has 2 N–H and O–H groups in total. The van der Waals surface area contributed by atoms with Gasteiger partial charge in [-0.3, -0.25) is 19.2 Å². The van der Waals surface area contributed by atoms with Gasteiger partial charge >= 0.3 is 0 Å². The zero-order chi connectivity index (χ0) is 34.2. The van der Waals surface area contributed by atoms with E-state index in [1.165, 1.54) is 11.1 Å². The molecule has 3 atom stereocenters. The van der Waals surface area contributed by atoms with Crippen molar-refractivity contribution < 1.29 is 19.2 Å². The van der Waals surface area contributed by atoms with Gasteiger partial charge in [-0.05, 0) is 89.5 Å². The number of aromatic nitrogens is 1. The Kier molecular flexibility index (Phi) is 10.1. The van der Waals surface area contributed by atoms with Crippen molar-refractivity contribution in [3.8, 4) is 0 Å². The summed E-state index contributed by atoms with van der Waals surface area (Å²) in [6.07, 6.45) is 9.61. The van der Waals surface area contributed by atoms with Gasteiger partial charge in [-0.25, -0.2) is 0 Å². The highest BCUT2D eigenvalue weighted by atomic mass is 35.5. The summed E-state index contributed by atoms with van der Waals surface area (Å²) in [5, 5.41) is 4.67. The quantitative estimate of drug-likeness (QED) is 0.314. The Morgan fingerprint density at radius 1 is 1.02 bits per heavy atom. The van der Waals surface area contributed by atoms with E-state index in [4.69, 9.17) is 11.6 Å². The number of hydrogen-bond acceptors (Lipinski definition) is 4. The predicted octanol–water partition coefficient (Wildman–Crippen LogP) is 5.73. The molecular formula is C38H50ClN5O4. The third kappa shape index (κ3) is 6.67. The molecule has 10 heteroatoms. The number of nitrogens with one attached hydrogen (secondary N) is 2. The molecule has 0 unspecified atom stereocenters. The van der Waals surface area contributed by atoms with Gasteiger partial charge in [0.1, 0.15) is 0 Å². The van der Waals surface area contributed by atoms with Crippen molar-refractivity contribution in [3.05, 3.63) is 57.8 Å². The Hall–Kier alpha value is -3.59. The van der Waals surface area contributed by atoms with Crippen LogP contribution in [0.4, 0.5) is 0 Å². The van der Waals surface area contributed by atoms with Crippen molar-refractivity contribution in [2.24, 2.45) is 17.8 Å². The number of nitrogens with zero attached hydrogens (tertiary/aromatic N) is 3. The van der Waals surface area contributed by atoms with Gasteiger partial charge in [0.15, 0.2) is 0 Å². The second-order valence-electron chi connectivity index (χ2n) is 14.5. The molecular weight excluding hydrogens is 626 g/mol. The fraction of sp³-hybridized carbons (Fsp3) is 0.579. The molecule has 1 aliphatic carbocycles. The first-order valence-electron chi connectivity index (χ1n) is 17.8. The van der Waals surface area contributed by atoms with Gasteiger partial charge in [-0.1, -0.05) is 41.8 Å². The van der Waals surface area contributed by atoms with Crippen LogP contribution >= 0.6 is 11.6 Å². The van der Waals surface area contributed by atoms with Gasteiger partial charge in [0.2, 0.25) is 23.6 Å². The highest BCUT2D eigenvalue weighted by Gasteiger charge is 2.59. The summed E-state index contributed by atoms with van der Waals surface area (Å²) in [4.78, 5) is 64.4. The minimum Gasteiger partial charge on any atom is -0.356 e. The molecule has 1 saturated carbocycles. The molecule has 3 fully saturated rings. The topological polar surface area (TPSA) is 106 Å². The lowest BCUT2D eigenvalue weighted by Crippen LogP contribution is -2.66. The normalized spacial score (nSPS) is 24.3. The first kappa shape index (κ1) is 34.3. The van der Waals surface area contributed by atoms with Crippen LogP contribution in [0.5, 0.6) is 0 Å². The van der Waals surface area contributed by atoms with Gasteiger partial charge < -0.3 is 25.0 Å². The van der Waals surface area contributed by atoms with Crippen molar-refractivity contribution in [1.29, 1.82) is 0 Å². The Morgan fingerprint density at radius 2 is 1.73 bits per heavy atom. The summed E-state index contributed by atoms with van der Waals surface area (Å²) in [6, 6.07) is 5.79. The molecule has 4 amide bonds. The summed E-state index contributed by atoms with van der Waals surface area (Å²) in [5.41, 5.74) is 4.60. The van der Waals surface area contributed by atoms with Gasteiger partial charge in [-0.2, -0.15) is 0 Å². The maximum atomic E-state index is 14.7. The van der Waals surface area contributed by atoms with Crippen molar-refractivity contribution in [2.45, 2.75) is 84.6 Å². The summed E-state index contributed by atoms with van der Waals surface area (Å²) in [7, 11) is 0. The number of benzene rings is 1. The molecule has 48 heavy (non-hydrogen) atoms. The number of carbonyl (C=O) groups is 4. The van der Waals surface area contributed by atoms with E-state index in [0.29, 0.717) is 63.6 Å². The van der Waals surface area contributed by atoms with Gasteiger partial charge in [-0.15, -0.1) is 0 Å². The van der Waals surface area contributed by atoms with E-state index in [1.807, 2.05) is 39.0 Å². The number of amides is 4. The monoisotopic (exact) mass is 675 g/mol. The van der Waals surface area contributed by atoms with E-state index in [9.17, 15) is 19.2 Å². The molecule has 0 spiro atoms. The first-order valence-corrected chi connectivity index (χ1v) is 18.2. The zero-order valence-corrected chi connectivity index (χ0v) is 29.6. The average Bonchev–Trinajstić information content (AvgIpc) is 3.86. The van der Waals surface area contributed by atoms with E-state index in [0.717, 1.165) is 47.8 Å². The van der Waals surface area contributed by atoms with Gasteiger partial charge in [0.25, 0.3) is 0 Å². The van der Waals surface area contributed by atoms with Crippen LogP contribution in [0.2, 0.25) is 5.02 Å². The van der Waals surface area contributed by atoms with E-state index in [2.05, 4.69) is 44.1 Å². The van der Waals surface area contributed by atoms with Crippen molar-refractivity contribution in [2.75, 3.05) is 39.3 Å². The average molecular weight is 676 g/mol. The molecule has 6 rings (SSSR count). The molecule has 1 aromatic carbocycles. The van der Waals surface area contributed by atoms with Crippen LogP contribution < -0.4 is 5.32 Å². The summed E-state index contributed by atoms with van der Waals surface area (Å²) < 4.78 is 0. The maximum absolute atomic E-state index is 14.7. The number of fused-ring (bicyclic) bond motifs is 5. The molecule has 9 nitrogen and oxygen atoms in total. The number of hydrogen-bond donors (Lipinski definition) is 2. The lowest BCUT2D eigenvalue weighted by molar-refractivity contribution is -0.167. The zero-order valence-electron chi connectivity index (χ0n) is 28.9. The van der Waals surface area contributed by atoms with E-state index in [-0.39, 0.29) is 36.0 Å². The lowest BCUT2D eigenvalue weighted by Gasteiger charge is -2.56. The highest BCUT2D eigenvalue weighted by molar-refractivity contribution is 6.31. The molecule has 258 valence electrons. The maximum Gasteiger partial charge on any atom is 0.228 e. The summed E-state index contributed by atoms with van der Waals surface area (Å²) in [6.45, 7) is 11.2. The largest absolute Gasteiger partial charge is 0.356 e. The second-order valence-corrected chi connectivity index (χ2v) is 14.9. The first-order chi connectivity index (χ1) is 23.0. The third-order valence-corrected chi connectivity index (χ3v) is 11.3. The Balaban J connectivity index is 1.25. The van der Waals surface area contributed by atoms with Gasteiger partial charge in [0, 0.05) is 79.1 Å². The van der Waals surface area contributed by atoms with Crippen molar-refractivity contribution >= 4 is 46.1 Å². The van der Waals surface area contributed by atoms with Crippen LogP contribution in [0.15, 0.2) is 41.5 Å². The minimum atomic E-state index is -0.869. The SMILES string of the molecule is CC[C@]12c3[nH]c4ccc(Cl)cc4c3CCN1C(=O)[C@@H](CC(=O)NC/C=C(\C)CCC=C(C)C)C[C@@H]2C(=O)N1CCN(C(=O)C2CC2)CC1. The minimum absolute atomic E-state index is 0.00209. The van der Waals surface area contributed by atoms with E-state index < -0.39 is 17.4 Å². The standard InChI is InChI=1S/C38H50ClN5O4/c1-5-38-31(37(48)43-19-17-42(18-20-43)35(46)26-9-10-26)21-27(22-33(45)40-15-13-25(4)8-6-7-24(2)3)36(47)44(38)16-14-29-30-23-28(39)11-12-32(30)41-34(29)38/h7,11-13,23,26-27,31,41H,5-6,8-10,14-22H2,1-4H3,(H,40,45)/b25-13+/t27-,31-,38+/m1/s1. The highest BCUT2D eigenvalue weighted by Crippen LogP contribution is 2.52. The Bertz CT molecular complexity index is 1650. The predicted molar refractivity (Wildman–Crippen MR) is 188 cm³/mol. The van der Waals surface area contributed by atoms with Crippen LogP contribution in [-0.2, 0) is 31.1 Å². The number of allylic oxidation sites excluding steroid dienone is 3. The van der Waals surface area contributed by atoms with Crippen LogP contribution in [0, 0.1) is 17.8 Å². The van der Waals surface area contributed by atoms with Crippen LogP contribution in [0.3, 0.4) is 0 Å². The number of halogens is 1. The summed E-state index contributed by atoms with van der Waals surface area (Å²) >= 11 is 6.43. The number of rotatable bonds is 10. The lowest BCUT2D eigenvalue weighted by atomic mass is 9.65. The smallest absolute Gasteiger partial charge is 0.228 e. The number of piperazine rings is 1. The summed E-state index contributed by atoms with van der Waals surface area (Å²) in [5.74, 6) is -1.02. The third-order valence-electron chi connectivity index (χ3n) is 11.0. The molecule has 4 heterocycles. The fourth-order valence-electron chi connectivity index (χ4n) is 8.25. The number of carbonyl (C=O) groups excluding carboxylic acids is 4. The van der Waals surface area contributed by atoms with Crippen molar-refractivity contribution in [1.82, 2.24) is 25.0 Å². The molecule has 3 aliphatic heterocycles. The number of piperidine rings is 1. The number of H-pyrrole nitrogens is 1. The molecule has 0 bridgehead atoms. The second kappa shape index (κ2) is 14.1. The molecule has 2 aromatic rings. The molecule has 0 radical (unpaired) electrons. The van der Waals surface area contributed by atoms with Crippen LogP contribution in [0.25, 0.3) is 10.9 Å². The number of aromatic amines is 1. The van der Waals surface area contributed by atoms with Crippen LogP contribution in [-0.4, -0.2) is 82.6 Å². The Labute approximate surface area is 289 Å². The molecule has 4 aliphatic rings. The van der Waals surface area contributed by atoms with Gasteiger partial charge in [0.05, 0.1) is 11.5 Å². The van der Waals surface area contributed by atoms with E-state index in [1.54, 1.807) is 0 Å². The Morgan fingerprint density at radius 3 is 2.40 bits per heavy atom. The molecule has 2 saturated heterocycles.